The Labute approximate surface area is 368 Å². The molecule has 7 aromatic carbocycles. The fourth-order valence-corrected chi connectivity index (χ4v) is 8.84. The normalized spacial score (nSPS) is 15.7. The van der Waals surface area contributed by atoms with Gasteiger partial charge in [0, 0.05) is 68.5 Å². The lowest BCUT2D eigenvalue weighted by Crippen LogP contribution is -2.31. The van der Waals surface area contributed by atoms with Crippen molar-refractivity contribution in [1.82, 2.24) is 0 Å². The molecule has 4 heteroatoms. The van der Waals surface area contributed by atoms with Gasteiger partial charge < -0.3 is 19.6 Å². The number of aryl methyl sites for hydroxylation is 3. The summed E-state index contributed by atoms with van der Waals surface area (Å²) in [4.78, 5) is 9.63. The zero-order valence-electron chi connectivity index (χ0n) is 36.1. The van der Waals surface area contributed by atoms with Gasteiger partial charge in [-0.2, -0.15) is 0 Å². The van der Waals surface area contributed by atoms with Crippen LogP contribution in [-0.2, 0) is 0 Å². The topological polar surface area (TPSA) is 13.0 Å². The first kappa shape index (κ1) is 40.1. The molecule has 0 saturated heterocycles. The van der Waals surface area contributed by atoms with Crippen molar-refractivity contribution in [3.05, 3.63) is 247 Å². The lowest BCUT2D eigenvalue weighted by molar-refractivity contribution is 0.670. The first-order chi connectivity index (χ1) is 30.4. The van der Waals surface area contributed by atoms with Crippen molar-refractivity contribution in [2.75, 3.05) is 19.6 Å². The summed E-state index contributed by atoms with van der Waals surface area (Å²) in [5.74, 6) is 0.395. The zero-order chi connectivity index (χ0) is 42.4. The van der Waals surface area contributed by atoms with Gasteiger partial charge >= 0.3 is 0 Å². The zero-order valence-corrected chi connectivity index (χ0v) is 36.1. The second-order valence-corrected chi connectivity index (χ2v) is 16.5. The molecule has 4 nitrogen and oxygen atoms in total. The maximum atomic E-state index is 2.46. The molecule has 62 heavy (non-hydrogen) atoms. The van der Waals surface area contributed by atoms with Gasteiger partial charge in [-0.3, -0.25) is 0 Å². The van der Waals surface area contributed by atoms with E-state index in [-0.39, 0.29) is 6.04 Å². The van der Waals surface area contributed by atoms with Crippen molar-refractivity contribution in [3.63, 3.8) is 0 Å². The van der Waals surface area contributed by atoms with Crippen LogP contribution in [0.5, 0.6) is 0 Å². The monoisotopic (exact) mass is 806 g/mol. The molecule has 0 amide bonds. The van der Waals surface area contributed by atoms with Crippen LogP contribution in [0, 0.1) is 26.7 Å². The van der Waals surface area contributed by atoms with E-state index in [1.165, 1.54) is 39.4 Å². The minimum absolute atomic E-state index is 0.144. The number of benzene rings is 7. The minimum Gasteiger partial charge on any atom is -0.334 e. The molecule has 0 saturated carbocycles. The number of para-hydroxylation sites is 2. The Morgan fingerprint density at radius 1 is 0.419 bits per heavy atom. The first-order valence-electron chi connectivity index (χ1n) is 21.8. The van der Waals surface area contributed by atoms with Gasteiger partial charge in [0.15, 0.2) is 0 Å². The maximum Gasteiger partial charge on any atom is 0.0561 e. The highest BCUT2D eigenvalue weighted by atomic mass is 15.2. The van der Waals surface area contributed by atoms with E-state index in [0.717, 1.165) is 52.7 Å². The SMILES string of the molecule is Cc1cccc(N(C2=CC=CCC2C)c2ccc(N(C3=CCC(N(c4ccccc4)c4cccc(C)c4)C=C3)c3ccc(N(c4ccccc4)c4cccc(C)c4)cc3)cc2)c1. The lowest BCUT2D eigenvalue weighted by Gasteiger charge is -2.36. The summed E-state index contributed by atoms with van der Waals surface area (Å²) in [7, 11) is 0. The largest absolute Gasteiger partial charge is 0.334 e. The van der Waals surface area contributed by atoms with Crippen LogP contribution in [0.25, 0.3) is 0 Å². The van der Waals surface area contributed by atoms with Gasteiger partial charge in [-0.25, -0.2) is 0 Å². The third-order valence-corrected chi connectivity index (χ3v) is 11.9. The molecule has 0 N–H and O–H groups in total. The molecule has 306 valence electrons. The molecule has 2 unspecified atom stereocenters. The van der Waals surface area contributed by atoms with Gasteiger partial charge in [0.25, 0.3) is 0 Å². The second-order valence-electron chi connectivity index (χ2n) is 16.5. The van der Waals surface area contributed by atoms with E-state index in [2.05, 4.69) is 266 Å². The Hall–Kier alpha value is -7.30. The molecule has 2 aliphatic carbocycles. The van der Waals surface area contributed by atoms with Crippen LogP contribution >= 0.6 is 0 Å². The Morgan fingerprint density at radius 3 is 1.39 bits per heavy atom. The Kier molecular flexibility index (Phi) is 11.7. The van der Waals surface area contributed by atoms with Gasteiger partial charge in [0.05, 0.1) is 6.04 Å². The fourth-order valence-electron chi connectivity index (χ4n) is 8.84. The van der Waals surface area contributed by atoms with Crippen LogP contribution in [0.2, 0.25) is 0 Å². The van der Waals surface area contributed by atoms with E-state index in [1.54, 1.807) is 0 Å². The van der Waals surface area contributed by atoms with Gasteiger partial charge in [-0.15, -0.1) is 0 Å². The van der Waals surface area contributed by atoms with Crippen molar-refractivity contribution in [3.8, 4) is 0 Å². The summed E-state index contributed by atoms with van der Waals surface area (Å²) in [5, 5.41) is 0. The highest BCUT2D eigenvalue weighted by Crippen LogP contribution is 2.42. The van der Waals surface area contributed by atoms with Crippen molar-refractivity contribution < 1.29 is 0 Å². The van der Waals surface area contributed by atoms with E-state index < -0.39 is 0 Å². The molecule has 0 bridgehead atoms. The van der Waals surface area contributed by atoms with Crippen LogP contribution in [0.15, 0.2) is 230 Å². The van der Waals surface area contributed by atoms with E-state index in [9.17, 15) is 0 Å². The maximum absolute atomic E-state index is 2.46. The first-order valence-corrected chi connectivity index (χ1v) is 21.8. The van der Waals surface area contributed by atoms with E-state index in [1.807, 2.05) is 0 Å². The average molecular weight is 807 g/mol. The van der Waals surface area contributed by atoms with Gasteiger partial charge in [0.2, 0.25) is 0 Å². The third-order valence-electron chi connectivity index (χ3n) is 11.9. The molecule has 0 aliphatic heterocycles. The Bertz CT molecular complexity index is 2750. The van der Waals surface area contributed by atoms with Crippen LogP contribution < -0.4 is 19.6 Å². The highest BCUT2D eigenvalue weighted by Gasteiger charge is 2.25. The van der Waals surface area contributed by atoms with E-state index in [4.69, 9.17) is 0 Å². The molecular weight excluding hydrogens is 753 g/mol. The molecule has 2 atom stereocenters. The standard InChI is InChI=1S/C58H54N4/c1-43-16-13-24-55(40-43)60(47-20-7-5-8-21-47)52-32-28-49(29-33-52)59(50-30-34-53(35-31-50)61(48-22-9-6-10-23-48)56-25-14-17-44(2)41-56)51-36-38-54(39-37-51)62(57-26-15-18-45(3)42-57)58-27-12-11-19-46(58)4/h5-18,20-34,36-42,46,53H,19,35H2,1-4H3. The summed E-state index contributed by atoms with van der Waals surface area (Å²) < 4.78 is 0. The average Bonchev–Trinajstić information content (AvgIpc) is 3.30. The van der Waals surface area contributed by atoms with Crippen LogP contribution in [-0.4, -0.2) is 6.04 Å². The number of allylic oxidation sites excluding steroid dienone is 5. The van der Waals surface area contributed by atoms with Crippen molar-refractivity contribution in [2.45, 2.75) is 46.6 Å². The predicted molar refractivity (Wildman–Crippen MR) is 264 cm³/mol. The summed E-state index contributed by atoms with van der Waals surface area (Å²) in [6, 6.07) is 66.1. The molecule has 7 aromatic rings. The number of anilines is 9. The fraction of sp³-hybridized carbons (Fsp3) is 0.138. The Morgan fingerprint density at radius 2 is 0.871 bits per heavy atom. The van der Waals surface area contributed by atoms with Crippen molar-refractivity contribution >= 4 is 51.2 Å². The third kappa shape index (κ3) is 8.64. The number of hydrogen-bond acceptors (Lipinski definition) is 4. The quantitative estimate of drug-likeness (QED) is 0.122. The second kappa shape index (κ2) is 18.1. The van der Waals surface area contributed by atoms with Gasteiger partial charge in [0.1, 0.15) is 0 Å². The Balaban J connectivity index is 1.11. The summed E-state index contributed by atoms with van der Waals surface area (Å²) in [6.45, 7) is 8.81. The molecular formula is C58H54N4. The number of rotatable bonds is 12. The summed E-state index contributed by atoms with van der Waals surface area (Å²) in [6.07, 6.45) is 15.7. The van der Waals surface area contributed by atoms with Crippen molar-refractivity contribution in [2.24, 2.45) is 5.92 Å². The molecule has 0 fully saturated rings. The number of nitrogens with zero attached hydrogens (tertiary/aromatic N) is 4. The predicted octanol–water partition coefficient (Wildman–Crippen LogP) is 15.9. The van der Waals surface area contributed by atoms with Gasteiger partial charge in [-0.05, 0) is 172 Å². The van der Waals surface area contributed by atoms with Crippen LogP contribution in [0.4, 0.5) is 51.2 Å². The van der Waals surface area contributed by atoms with Gasteiger partial charge in [-0.1, -0.05) is 104 Å². The highest BCUT2D eigenvalue weighted by molar-refractivity contribution is 5.80. The smallest absolute Gasteiger partial charge is 0.0561 e. The van der Waals surface area contributed by atoms with Crippen LogP contribution in [0.3, 0.4) is 0 Å². The van der Waals surface area contributed by atoms with E-state index in [0.29, 0.717) is 5.92 Å². The van der Waals surface area contributed by atoms with E-state index >= 15 is 0 Å². The number of hydrogen-bond donors (Lipinski definition) is 0. The van der Waals surface area contributed by atoms with Crippen LogP contribution in [0.1, 0.15) is 36.5 Å². The summed E-state index contributed by atoms with van der Waals surface area (Å²) in [5.41, 5.74) is 16.4. The molecule has 0 radical (unpaired) electrons. The van der Waals surface area contributed by atoms with Crippen molar-refractivity contribution in [1.29, 1.82) is 0 Å². The lowest BCUT2D eigenvalue weighted by atomic mass is 9.96. The summed E-state index contributed by atoms with van der Waals surface area (Å²) >= 11 is 0. The molecule has 9 rings (SSSR count). The molecule has 0 heterocycles. The molecule has 0 spiro atoms. The minimum atomic E-state index is 0.144. The molecule has 2 aliphatic rings. The molecule has 0 aromatic heterocycles.